The van der Waals surface area contributed by atoms with Crippen molar-refractivity contribution in [2.45, 2.75) is 25.0 Å². The third-order valence-corrected chi connectivity index (χ3v) is 5.97. The molecule has 0 bridgehead atoms. The maximum atomic E-state index is 12.3. The number of benzene rings is 1. The van der Waals surface area contributed by atoms with E-state index >= 15 is 0 Å². The van der Waals surface area contributed by atoms with E-state index in [-0.39, 0.29) is 11.7 Å². The Labute approximate surface area is 175 Å². The van der Waals surface area contributed by atoms with E-state index in [1.165, 1.54) is 23.1 Å². The summed E-state index contributed by atoms with van der Waals surface area (Å²) in [6.07, 6.45) is 2.55. The van der Waals surface area contributed by atoms with Crippen molar-refractivity contribution in [1.82, 2.24) is 25.0 Å². The molecule has 0 aliphatic carbocycles. The summed E-state index contributed by atoms with van der Waals surface area (Å²) in [5.41, 5.74) is 0.785. The predicted octanol–water partition coefficient (Wildman–Crippen LogP) is 4.02. The van der Waals surface area contributed by atoms with Crippen molar-refractivity contribution in [2.24, 2.45) is 0 Å². The molecule has 0 radical (unpaired) electrons. The number of furan rings is 1. The number of aromatic nitrogens is 5. The summed E-state index contributed by atoms with van der Waals surface area (Å²) in [5.74, 6) is 1.22. The van der Waals surface area contributed by atoms with Crippen LogP contribution < -0.4 is 5.32 Å². The molecule has 4 rings (SSSR count). The summed E-state index contributed by atoms with van der Waals surface area (Å²) in [6.45, 7) is 6.30. The van der Waals surface area contributed by atoms with Gasteiger partial charge in [-0.25, -0.2) is 0 Å². The molecule has 0 aliphatic heterocycles. The number of amides is 1. The quantitative estimate of drug-likeness (QED) is 0.335. The molecule has 3 aromatic heterocycles. The van der Waals surface area contributed by atoms with Crippen molar-refractivity contribution in [3.8, 4) is 11.6 Å². The van der Waals surface area contributed by atoms with Gasteiger partial charge in [-0.2, -0.15) is 0 Å². The highest BCUT2D eigenvalue weighted by Gasteiger charge is 2.18. The number of anilines is 1. The molecular formula is C19H18N6O2S2. The molecule has 0 saturated heterocycles. The summed E-state index contributed by atoms with van der Waals surface area (Å²) >= 11 is 2.67. The maximum absolute atomic E-state index is 12.3. The van der Waals surface area contributed by atoms with Crippen LogP contribution in [-0.2, 0) is 17.8 Å². The first-order valence-corrected chi connectivity index (χ1v) is 10.8. The van der Waals surface area contributed by atoms with Crippen molar-refractivity contribution in [1.29, 1.82) is 0 Å². The van der Waals surface area contributed by atoms with Crippen molar-refractivity contribution in [3.63, 3.8) is 0 Å². The lowest BCUT2D eigenvalue weighted by atomic mass is 10.2. The summed E-state index contributed by atoms with van der Waals surface area (Å²) < 4.78 is 7.79. The van der Waals surface area contributed by atoms with Gasteiger partial charge in [-0.3, -0.25) is 14.7 Å². The molecule has 1 N–H and O–H groups in total. The van der Waals surface area contributed by atoms with E-state index in [1.54, 1.807) is 6.08 Å². The number of hydrogen-bond donors (Lipinski definition) is 1. The zero-order valence-electron chi connectivity index (χ0n) is 15.7. The zero-order valence-corrected chi connectivity index (χ0v) is 17.3. The fraction of sp³-hybridized carbons (Fsp3) is 0.211. The highest BCUT2D eigenvalue weighted by molar-refractivity contribution is 7.99. The minimum atomic E-state index is -0.174. The van der Waals surface area contributed by atoms with Crippen LogP contribution in [0.15, 0.2) is 52.6 Å². The molecule has 8 nitrogen and oxygen atoms in total. The SMILES string of the molecule is C=CCn1c(SCC(=O)Nc2nnc(CC)s2)nnc1-c1cc2ccccc2o1. The zero-order chi connectivity index (χ0) is 20.2. The Morgan fingerprint density at radius 1 is 1.31 bits per heavy atom. The third kappa shape index (κ3) is 4.22. The fourth-order valence-corrected chi connectivity index (χ4v) is 4.14. The first-order valence-electron chi connectivity index (χ1n) is 8.96. The third-order valence-electron chi connectivity index (χ3n) is 4.02. The van der Waals surface area contributed by atoms with Gasteiger partial charge in [0.15, 0.2) is 10.9 Å². The summed E-state index contributed by atoms with van der Waals surface area (Å²) in [5, 5.41) is 22.2. The Balaban J connectivity index is 1.50. The largest absolute Gasteiger partial charge is 0.453 e. The summed E-state index contributed by atoms with van der Waals surface area (Å²) in [7, 11) is 0. The normalized spacial score (nSPS) is 11.1. The first kappa shape index (κ1) is 19.3. The van der Waals surface area contributed by atoms with Crippen LogP contribution in [0, 0.1) is 0 Å². The lowest BCUT2D eigenvalue weighted by molar-refractivity contribution is -0.113. The van der Waals surface area contributed by atoms with E-state index in [0.717, 1.165) is 22.4 Å². The molecule has 148 valence electrons. The van der Waals surface area contributed by atoms with Crippen LogP contribution in [0.2, 0.25) is 0 Å². The molecule has 0 aliphatic rings. The minimum absolute atomic E-state index is 0.174. The number of allylic oxidation sites excluding steroid dienone is 1. The molecule has 0 fully saturated rings. The van der Waals surface area contributed by atoms with E-state index in [0.29, 0.717) is 28.4 Å². The molecule has 3 heterocycles. The van der Waals surface area contributed by atoms with Gasteiger partial charge in [0, 0.05) is 11.9 Å². The number of thioether (sulfide) groups is 1. The topological polar surface area (TPSA) is 98.7 Å². The van der Waals surface area contributed by atoms with E-state index in [1.807, 2.05) is 41.8 Å². The van der Waals surface area contributed by atoms with Crippen LogP contribution in [0.25, 0.3) is 22.6 Å². The lowest BCUT2D eigenvalue weighted by Gasteiger charge is -2.06. The number of nitrogens with one attached hydrogen (secondary N) is 1. The smallest absolute Gasteiger partial charge is 0.236 e. The number of para-hydroxylation sites is 1. The summed E-state index contributed by atoms with van der Waals surface area (Å²) in [6, 6.07) is 9.70. The number of carbonyl (C=O) groups excluding carboxylic acids is 1. The molecule has 4 aromatic rings. The summed E-state index contributed by atoms with van der Waals surface area (Å²) in [4.78, 5) is 12.3. The monoisotopic (exact) mass is 426 g/mol. The Morgan fingerprint density at radius 3 is 2.93 bits per heavy atom. The number of rotatable bonds is 8. The molecule has 1 amide bonds. The molecule has 0 unspecified atom stereocenters. The van der Waals surface area contributed by atoms with Crippen LogP contribution in [0.1, 0.15) is 11.9 Å². The van der Waals surface area contributed by atoms with Crippen molar-refractivity contribution < 1.29 is 9.21 Å². The van der Waals surface area contributed by atoms with E-state index < -0.39 is 0 Å². The van der Waals surface area contributed by atoms with Gasteiger partial charge in [-0.05, 0) is 18.6 Å². The minimum Gasteiger partial charge on any atom is -0.453 e. The highest BCUT2D eigenvalue weighted by Crippen LogP contribution is 2.29. The average molecular weight is 427 g/mol. The second kappa shape index (κ2) is 8.58. The molecule has 0 saturated carbocycles. The van der Waals surface area contributed by atoms with Gasteiger partial charge in [0.2, 0.25) is 16.9 Å². The van der Waals surface area contributed by atoms with Crippen LogP contribution in [-0.4, -0.2) is 36.6 Å². The number of fused-ring (bicyclic) bond motifs is 1. The number of carbonyl (C=O) groups is 1. The number of aryl methyl sites for hydroxylation is 1. The van der Waals surface area contributed by atoms with Crippen molar-refractivity contribution in [2.75, 3.05) is 11.1 Å². The van der Waals surface area contributed by atoms with Crippen LogP contribution in [0.4, 0.5) is 5.13 Å². The Morgan fingerprint density at radius 2 is 2.17 bits per heavy atom. The Kier molecular flexibility index (Phi) is 5.72. The van der Waals surface area contributed by atoms with Gasteiger partial charge >= 0.3 is 0 Å². The van der Waals surface area contributed by atoms with E-state index in [4.69, 9.17) is 4.42 Å². The highest BCUT2D eigenvalue weighted by atomic mass is 32.2. The van der Waals surface area contributed by atoms with Crippen molar-refractivity contribution in [3.05, 3.63) is 48.0 Å². The molecular weight excluding hydrogens is 408 g/mol. The second-order valence-corrected chi connectivity index (χ2v) is 8.05. The van der Waals surface area contributed by atoms with Gasteiger partial charge in [-0.15, -0.1) is 27.0 Å². The number of nitrogens with zero attached hydrogens (tertiary/aromatic N) is 5. The van der Waals surface area contributed by atoms with Gasteiger partial charge < -0.3 is 4.42 Å². The molecule has 0 atom stereocenters. The maximum Gasteiger partial charge on any atom is 0.236 e. The number of hydrogen-bond acceptors (Lipinski definition) is 8. The van der Waals surface area contributed by atoms with Gasteiger partial charge in [-0.1, -0.05) is 54.3 Å². The van der Waals surface area contributed by atoms with E-state index in [9.17, 15) is 4.79 Å². The van der Waals surface area contributed by atoms with Gasteiger partial charge in [0.1, 0.15) is 10.6 Å². The average Bonchev–Trinajstić information content (AvgIpc) is 3.44. The molecule has 29 heavy (non-hydrogen) atoms. The Bertz CT molecular complexity index is 1130. The first-order chi connectivity index (χ1) is 14.2. The lowest BCUT2D eigenvalue weighted by Crippen LogP contribution is -2.14. The van der Waals surface area contributed by atoms with Crippen LogP contribution >= 0.6 is 23.1 Å². The molecule has 1 aromatic carbocycles. The van der Waals surface area contributed by atoms with Crippen molar-refractivity contribution >= 4 is 45.1 Å². The Hall–Kier alpha value is -2.98. The molecule has 10 heteroatoms. The van der Waals surface area contributed by atoms with Gasteiger partial charge in [0.05, 0.1) is 5.75 Å². The van der Waals surface area contributed by atoms with Crippen LogP contribution in [0.3, 0.4) is 0 Å². The molecule has 0 spiro atoms. The van der Waals surface area contributed by atoms with Crippen LogP contribution in [0.5, 0.6) is 0 Å². The standard InChI is InChI=1S/C19H18N6O2S2/c1-3-9-25-17(14-10-12-7-5-6-8-13(12)27-14)22-24-19(25)28-11-15(26)20-18-23-21-16(4-2)29-18/h3,5-8,10H,1,4,9,11H2,2H3,(H,20,23,26). The van der Waals surface area contributed by atoms with Gasteiger partial charge in [0.25, 0.3) is 0 Å². The second-order valence-electron chi connectivity index (χ2n) is 6.05. The van der Waals surface area contributed by atoms with E-state index in [2.05, 4.69) is 32.3 Å². The fourth-order valence-electron chi connectivity index (χ4n) is 2.70. The predicted molar refractivity (Wildman–Crippen MR) is 114 cm³/mol.